The number of piperidine rings is 1. The maximum Gasteiger partial charge on any atom is 0.149 e. The highest BCUT2D eigenvalue weighted by Gasteiger charge is 2.18. The van der Waals surface area contributed by atoms with E-state index in [0.717, 1.165) is 25.8 Å². The molecule has 1 heterocycles. The molecule has 11 heavy (non-hydrogen) atoms. The molecule has 2 heteroatoms. The van der Waals surface area contributed by atoms with Crippen LogP contribution in [0.4, 0.5) is 0 Å². The van der Waals surface area contributed by atoms with Crippen molar-refractivity contribution in [2.45, 2.75) is 45.1 Å². The highest BCUT2D eigenvalue weighted by atomic mass is 16.1. The largest absolute Gasteiger partial charge is 0.307 e. The first-order chi connectivity index (χ1) is 5.34. The quantitative estimate of drug-likeness (QED) is 0.669. The van der Waals surface area contributed by atoms with E-state index in [2.05, 4.69) is 12.2 Å². The van der Waals surface area contributed by atoms with E-state index in [1.54, 1.807) is 0 Å². The molecular formula is C9H17NO. The van der Waals surface area contributed by atoms with Crippen LogP contribution in [0.3, 0.4) is 0 Å². The molecule has 1 saturated heterocycles. The number of nitrogens with one attached hydrogen (secondary N) is 1. The Morgan fingerprint density at radius 2 is 2.36 bits per heavy atom. The number of rotatable bonds is 3. The van der Waals surface area contributed by atoms with Gasteiger partial charge in [-0.05, 0) is 25.8 Å². The van der Waals surface area contributed by atoms with Gasteiger partial charge < -0.3 is 5.32 Å². The first kappa shape index (κ1) is 8.72. The SMILES string of the molecule is CCCC(=O)[C@@H]1CCCCN1. The predicted molar refractivity (Wildman–Crippen MR) is 45.6 cm³/mol. The summed E-state index contributed by atoms with van der Waals surface area (Å²) in [5, 5.41) is 3.25. The van der Waals surface area contributed by atoms with Crippen molar-refractivity contribution < 1.29 is 4.79 Å². The van der Waals surface area contributed by atoms with Gasteiger partial charge in [-0.15, -0.1) is 0 Å². The third-order valence-corrected chi connectivity index (χ3v) is 2.20. The molecular weight excluding hydrogens is 138 g/mol. The molecule has 0 saturated carbocycles. The van der Waals surface area contributed by atoms with Crippen LogP contribution in [0.1, 0.15) is 39.0 Å². The minimum atomic E-state index is 0.184. The van der Waals surface area contributed by atoms with Crippen LogP contribution >= 0.6 is 0 Å². The van der Waals surface area contributed by atoms with E-state index in [9.17, 15) is 4.79 Å². The number of carbonyl (C=O) groups excluding carboxylic acids is 1. The maximum atomic E-state index is 11.3. The molecule has 1 atom stereocenters. The number of ketones is 1. The van der Waals surface area contributed by atoms with Crippen LogP contribution in [0.25, 0.3) is 0 Å². The Balaban J connectivity index is 2.27. The summed E-state index contributed by atoms with van der Waals surface area (Å²) >= 11 is 0. The Labute approximate surface area is 68.4 Å². The average Bonchev–Trinajstić information content (AvgIpc) is 2.07. The smallest absolute Gasteiger partial charge is 0.149 e. The van der Waals surface area contributed by atoms with Crippen LogP contribution in [-0.4, -0.2) is 18.4 Å². The molecule has 0 aliphatic carbocycles. The van der Waals surface area contributed by atoms with Crippen LogP contribution in [0.5, 0.6) is 0 Å². The van der Waals surface area contributed by atoms with E-state index in [1.165, 1.54) is 12.8 Å². The van der Waals surface area contributed by atoms with Crippen molar-refractivity contribution in [3.8, 4) is 0 Å². The Kier molecular flexibility index (Phi) is 3.57. The van der Waals surface area contributed by atoms with E-state index in [-0.39, 0.29) is 6.04 Å². The van der Waals surface area contributed by atoms with Crippen LogP contribution in [-0.2, 0) is 4.79 Å². The number of carbonyl (C=O) groups is 1. The lowest BCUT2D eigenvalue weighted by Gasteiger charge is -2.21. The van der Waals surface area contributed by atoms with Crippen LogP contribution in [0.2, 0.25) is 0 Å². The molecule has 0 radical (unpaired) electrons. The fourth-order valence-corrected chi connectivity index (χ4v) is 1.55. The fraction of sp³-hybridized carbons (Fsp3) is 0.889. The summed E-state index contributed by atoms with van der Waals surface area (Å²) < 4.78 is 0. The number of hydrogen-bond donors (Lipinski definition) is 1. The normalized spacial score (nSPS) is 25.0. The van der Waals surface area contributed by atoms with Gasteiger partial charge in [-0.25, -0.2) is 0 Å². The molecule has 64 valence electrons. The molecule has 0 bridgehead atoms. The van der Waals surface area contributed by atoms with Gasteiger partial charge in [0.1, 0.15) is 5.78 Å². The standard InChI is InChI=1S/C9H17NO/c1-2-5-9(11)8-6-3-4-7-10-8/h8,10H,2-7H2,1H3/t8-/m0/s1. The predicted octanol–water partition coefficient (Wildman–Crippen LogP) is 1.50. The summed E-state index contributed by atoms with van der Waals surface area (Å²) in [5.74, 6) is 0.409. The molecule has 0 amide bonds. The van der Waals surface area contributed by atoms with Crippen molar-refractivity contribution in [1.82, 2.24) is 5.32 Å². The minimum Gasteiger partial charge on any atom is -0.307 e. The van der Waals surface area contributed by atoms with Gasteiger partial charge in [0.05, 0.1) is 6.04 Å². The summed E-state index contributed by atoms with van der Waals surface area (Å²) in [6.07, 6.45) is 5.23. The van der Waals surface area contributed by atoms with Gasteiger partial charge in [0.2, 0.25) is 0 Å². The molecule has 2 nitrogen and oxygen atoms in total. The third-order valence-electron chi connectivity index (χ3n) is 2.20. The van der Waals surface area contributed by atoms with Crippen molar-refractivity contribution in [1.29, 1.82) is 0 Å². The minimum absolute atomic E-state index is 0.184. The van der Waals surface area contributed by atoms with Crippen LogP contribution < -0.4 is 5.32 Å². The molecule has 0 aromatic heterocycles. The Morgan fingerprint density at radius 3 is 2.91 bits per heavy atom. The molecule has 1 aliphatic heterocycles. The molecule has 0 aromatic rings. The zero-order valence-electron chi connectivity index (χ0n) is 7.23. The van der Waals surface area contributed by atoms with Gasteiger partial charge in [0.15, 0.2) is 0 Å². The van der Waals surface area contributed by atoms with Crippen molar-refractivity contribution in [2.75, 3.05) is 6.54 Å². The second kappa shape index (κ2) is 4.50. The zero-order valence-corrected chi connectivity index (χ0v) is 7.23. The van der Waals surface area contributed by atoms with Gasteiger partial charge in [-0.2, -0.15) is 0 Å². The highest BCUT2D eigenvalue weighted by Crippen LogP contribution is 2.09. The molecule has 0 aromatic carbocycles. The van der Waals surface area contributed by atoms with Gasteiger partial charge in [-0.1, -0.05) is 13.3 Å². The van der Waals surface area contributed by atoms with Crippen LogP contribution in [0.15, 0.2) is 0 Å². The first-order valence-corrected chi connectivity index (χ1v) is 4.60. The lowest BCUT2D eigenvalue weighted by molar-refractivity contribution is -0.121. The second-order valence-corrected chi connectivity index (χ2v) is 3.22. The average molecular weight is 155 g/mol. The van der Waals surface area contributed by atoms with Gasteiger partial charge in [0, 0.05) is 6.42 Å². The van der Waals surface area contributed by atoms with Gasteiger partial charge >= 0.3 is 0 Å². The van der Waals surface area contributed by atoms with E-state index in [4.69, 9.17) is 0 Å². The maximum absolute atomic E-state index is 11.3. The van der Waals surface area contributed by atoms with Gasteiger partial charge in [0.25, 0.3) is 0 Å². The molecule has 1 rings (SSSR count). The Morgan fingerprint density at radius 1 is 1.55 bits per heavy atom. The van der Waals surface area contributed by atoms with Gasteiger partial charge in [-0.3, -0.25) is 4.79 Å². The van der Waals surface area contributed by atoms with E-state index >= 15 is 0 Å². The molecule has 1 aliphatic rings. The Hall–Kier alpha value is -0.370. The number of hydrogen-bond acceptors (Lipinski definition) is 2. The summed E-state index contributed by atoms with van der Waals surface area (Å²) in [6.45, 7) is 3.08. The summed E-state index contributed by atoms with van der Waals surface area (Å²) in [4.78, 5) is 11.3. The summed E-state index contributed by atoms with van der Waals surface area (Å²) in [7, 11) is 0. The van der Waals surface area contributed by atoms with E-state index in [1.807, 2.05) is 0 Å². The van der Waals surface area contributed by atoms with Crippen LogP contribution in [0, 0.1) is 0 Å². The summed E-state index contributed by atoms with van der Waals surface area (Å²) in [5.41, 5.74) is 0. The lowest BCUT2D eigenvalue weighted by Crippen LogP contribution is -2.40. The van der Waals surface area contributed by atoms with E-state index < -0.39 is 0 Å². The van der Waals surface area contributed by atoms with Crippen molar-refractivity contribution in [2.24, 2.45) is 0 Å². The summed E-state index contributed by atoms with van der Waals surface area (Å²) in [6, 6.07) is 0.184. The van der Waals surface area contributed by atoms with Crippen molar-refractivity contribution >= 4 is 5.78 Å². The van der Waals surface area contributed by atoms with Crippen molar-refractivity contribution in [3.63, 3.8) is 0 Å². The molecule has 0 spiro atoms. The third kappa shape index (κ3) is 2.62. The van der Waals surface area contributed by atoms with Crippen molar-refractivity contribution in [3.05, 3.63) is 0 Å². The molecule has 1 fully saturated rings. The molecule has 1 N–H and O–H groups in total. The fourth-order valence-electron chi connectivity index (χ4n) is 1.55. The van der Waals surface area contributed by atoms with E-state index in [0.29, 0.717) is 5.78 Å². The molecule has 0 unspecified atom stereocenters. The Bertz CT molecular complexity index is 128. The first-order valence-electron chi connectivity index (χ1n) is 4.60. The topological polar surface area (TPSA) is 29.1 Å². The number of Topliss-reactive ketones (excluding diaryl/α,β-unsaturated/α-hetero) is 1. The second-order valence-electron chi connectivity index (χ2n) is 3.22. The monoisotopic (exact) mass is 155 g/mol. The lowest BCUT2D eigenvalue weighted by atomic mass is 9.99. The highest BCUT2D eigenvalue weighted by molar-refractivity contribution is 5.83. The zero-order chi connectivity index (χ0) is 8.10.